The van der Waals surface area contributed by atoms with Gasteiger partial charge in [-0.3, -0.25) is 9.36 Å². The number of aromatic nitrogens is 1. The van der Waals surface area contributed by atoms with E-state index in [9.17, 15) is 9.18 Å². The van der Waals surface area contributed by atoms with Crippen molar-refractivity contribution in [1.82, 2.24) is 4.57 Å². The Hall–Kier alpha value is -2.41. The van der Waals surface area contributed by atoms with Crippen LogP contribution in [0.3, 0.4) is 0 Å². The van der Waals surface area contributed by atoms with Crippen LogP contribution in [0.4, 0.5) is 4.39 Å². The molecular weight excluding hydrogens is 219 g/mol. The van der Waals surface area contributed by atoms with Gasteiger partial charge < -0.3 is 0 Å². The summed E-state index contributed by atoms with van der Waals surface area (Å²) in [7, 11) is 0. The molecule has 0 aliphatic rings. The van der Waals surface area contributed by atoms with E-state index in [1.54, 1.807) is 19.1 Å². The summed E-state index contributed by atoms with van der Waals surface area (Å²) in [6, 6.07) is 10.7. The topological polar surface area (TPSA) is 45.8 Å². The van der Waals surface area contributed by atoms with Gasteiger partial charge in [0.25, 0.3) is 5.56 Å². The molecule has 0 N–H and O–H groups in total. The molecule has 0 saturated heterocycles. The van der Waals surface area contributed by atoms with Crippen LogP contribution in [0.15, 0.2) is 41.2 Å². The number of hydrogen-bond acceptors (Lipinski definition) is 2. The lowest BCUT2D eigenvalue weighted by Gasteiger charge is -2.09. The van der Waals surface area contributed by atoms with Crippen molar-refractivity contribution in [2.75, 3.05) is 0 Å². The lowest BCUT2D eigenvalue weighted by atomic mass is 10.2. The predicted molar refractivity (Wildman–Crippen MR) is 61.4 cm³/mol. The average Bonchev–Trinajstić information content (AvgIpc) is 2.29. The van der Waals surface area contributed by atoms with E-state index in [1.807, 2.05) is 6.07 Å². The van der Waals surface area contributed by atoms with E-state index < -0.39 is 11.4 Å². The van der Waals surface area contributed by atoms with Crippen LogP contribution in [0.5, 0.6) is 0 Å². The second-order valence-electron chi connectivity index (χ2n) is 3.62. The fraction of sp³-hybridized carbons (Fsp3) is 0.0769. The summed E-state index contributed by atoms with van der Waals surface area (Å²) in [5.74, 6) is -0.420. The highest BCUT2D eigenvalue weighted by molar-refractivity contribution is 5.38. The van der Waals surface area contributed by atoms with E-state index in [2.05, 4.69) is 0 Å². The lowest BCUT2D eigenvalue weighted by molar-refractivity contribution is 0.626. The molecule has 4 heteroatoms. The van der Waals surface area contributed by atoms with E-state index >= 15 is 0 Å². The highest BCUT2D eigenvalue weighted by Crippen LogP contribution is 2.10. The van der Waals surface area contributed by atoms with Crippen LogP contribution in [0, 0.1) is 24.1 Å². The lowest BCUT2D eigenvalue weighted by Crippen LogP contribution is -2.22. The van der Waals surface area contributed by atoms with Gasteiger partial charge in [0.1, 0.15) is 17.4 Å². The zero-order chi connectivity index (χ0) is 12.4. The molecule has 1 aromatic carbocycles. The summed E-state index contributed by atoms with van der Waals surface area (Å²) in [6.45, 7) is 1.73. The summed E-state index contributed by atoms with van der Waals surface area (Å²) >= 11 is 0. The number of benzene rings is 1. The Kier molecular flexibility index (Phi) is 2.75. The van der Waals surface area contributed by atoms with E-state index in [1.165, 1.54) is 28.8 Å². The molecule has 0 radical (unpaired) electrons. The van der Waals surface area contributed by atoms with Crippen LogP contribution in [0.1, 0.15) is 11.3 Å². The molecule has 0 unspecified atom stereocenters. The van der Waals surface area contributed by atoms with Crippen molar-refractivity contribution >= 4 is 0 Å². The Balaban J connectivity index is 2.76. The van der Waals surface area contributed by atoms with E-state index in [0.29, 0.717) is 11.4 Å². The number of hydrogen-bond donors (Lipinski definition) is 0. The van der Waals surface area contributed by atoms with Crippen molar-refractivity contribution in [1.29, 1.82) is 5.26 Å². The van der Waals surface area contributed by atoms with Gasteiger partial charge in [-0.2, -0.15) is 5.26 Å². The monoisotopic (exact) mass is 228 g/mol. The molecule has 0 fully saturated rings. The molecule has 84 valence electrons. The Morgan fingerprint density at radius 3 is 2.71 bits per heavy atom. The van der Waals surface area contributed by atoms with Crippen molar-refractivity contribution in [2.24, 2.45) is 0 Å². The van der Waals surface area contributed by atoms with Crippen molar-refractivity contribution in [3.8, 4) is 11.8 Å². The van der Waals surface area contributed by atoms with Crippen LogP contribution < -0.4 is 5.56 Å². The van der Waals surface area contributed by atoms with Crippen molar-refractivity contribution in [2.45, 2.75) is 6.92 Å². The second kappa shape index (κ2) is 4.22. The van der Waals surface area contributed by atoms with Gasteiger partial charge >= 0.3 is 0 Å². The Morgan fingerprint density at radius 1 is 1.29 bits per heavy atom. The number of pyridine rings is 1. The molecule has 3 nitrogen and oxygen atoms in total. The van der Waals surface area contributed by atoms with Gasteiger partial charge in [0, 0.05) is 5.69 Å². The summed E-state index contributed by atoms with van der Waals surface area (Å²) in [6.07, 6.45) is 0. The van der Waals surface area contributed by atoms with E-state index in [4.69, 9.17) is 5.26 Å². The third kappa shape index (κ3) is 1.95. The first kappa shape index (κ1) is 11.1. The van der Waals surface area contributed by atoms with Gasteiger partial charge in [-0.15, -0.1) is 0 Å². The zero-order valence-electron chi connectivity index (χ0n) is 9.14. The highest BCUT2D eigenvalue weighted by atomic mass is 19.1. The van der Waals surface area contributed by atoms with E-state index in [-0.39, 0.29) is 5.56 Å². The van der Waals surface area contributed by atoms with Gasteiger partial charge in [0.15, 0.2) is 0 Å². The molecule has 0 aliphatic heterocycles. The predicted octanol–water partition coefficient (Wildman–Crippen LogP) is 2.16. The van der Waals surface area contributed by atoms with Crippen molar-refractivity contribution < 1.29 is 4.39 Å². The molecule has 0 spiro atoms. The number of nitrogens with zero attached hydrogens (tertiary/aromatic N) is 2. The Bertz CT molecular complexity index is 668. The average molecular weight is 228 g/mol. The van der Waals surface area contributed by atoms with Crippen molar-refractivity contribution in [3.05, 3.63) is 63.8 Å². The molecule has 2 aromatic rings. The number of halogens is 1. The standard InChI is InChI=1S/C13H9FN2O/c1-9-5-6-10(8-15)13(17)16(9)12-4-2-3-11(14)7-12/h2-7H,1H3. The summed E-state index contributed by atoms with van der Waals surface area (Å²) in [4.78, 5) is 12.0. The van der Waals surface area contributed by atoms with E-state index in [0.717, 1.165) is 0 Å². The van der Waals surface area contributed by atoms with Gasteiger partial charge in [0.2, 0.25) is 0 Å². The minimum Gasteiger partial charge on any atom is -0.280 e. The molecule has 0 atom stereocenters. The maximum atomic E-state index is 13.1. The van der Waals surface area contributed by atoms with Crippen LogP contribution >= 0.6 is 0 Å². The summed E-state index contributed by atoms with van der Waals surface area (Å²) in [5, 5.41) is 8.80. The minimum atomic E-state index is -0.432. The summed E-state index contributed by atoms with van der Waals surface area (Å²) in [5.41, 5.74) is 0.683. The molecule has 0 amide bonds. The quantitative estimate of drug-likeness (QED) is 0.750. The molecule has 0 saturated carbocycles. The van der Waals surface area contributed by atoms with Gasteiger partial charge in [0.05, 0.1) is 5.69 Å². The smallest absolute Gasteiger partial charge is 0.273 e. The largest absolute Gasteiger partial charge is 0.280 e. The Labute approximate surface area is 97.4 Å². The normalized spacial score (nSPS) is 9.94. The molecule has 0 aliphatic carbocycles. The van der Waals surface area contributed by atoms with Crippen LogP contribution in [0.25, 0.3) is 5.69 Å². The summed E-state index contributed by atoms with van der Waals surface area (Å²) < 4.78 is 14.4. The molecular formula is C13H9FN2O. The molecule has 1 heterocycles. The molecule has 17 heavy (non-hydrogen) atoms. The second-order valence-corrected chi connectivity index (χ2v) is 3.62. The van der Waals surface area contributed by atoms with Crippen LogP contribution in [-0.2, 0) is 0 Å². The Morgan fingerprint density at radius 2 is 2.06 bits per heavy atom. The fourth-order valence-corrected chi connectivity index (χ4v) is 1.65. The first-order valence-corrected chi connectivity index (χ1v) is 5.02. The molecule has 2 rings (SSSR count). The fourth-order valence-electron chi connectivity index (χ4n) is 1.65. The molecule has 1 aromatic heterocycles. The zero-order valence-corrected chi connectivity index (χ0v) is 9.14. The third-order valence-electron chi connectivity index (χ3n) is 2.46. The maximum Gasteiger partial charge on any atom is 0.273 e. The number of rotatable bonds is 1. The van der Waals surface area contributed by atoms with Crippen molar-refractivity contribution in [3.63, 3.8) is 0 Å². The number of aryl methyl sites for hydroxylation is 1. The first-order valence-electron chi connectivity index (χ1n) is 5.02. The highest BCUT2D eigenvalue weighted by Gasteiger charge is 2.08. The molecule has 0 bridgehead atoms. The van der Waals surface area contributed by atoms with Gasteiger partial charge in [-0.1, -0.05) is 6.07 Å². The number of nitriles is 1. The van der Waals surface area contributed by atoms with Crippen LogP contribution in [0.2, 0.25) is 0 Å². The van der Waals surface area contributed by atoms with Crippen LogP contribution in [-0.4, -0.2) is 4.57 Å². The van der Waals surface area contributed by atoms with Gasteiger partial charge in [-0.25, -0.2) is 4.39 Å². The minimum absolute atomic E-state index is 0.0415. The first-order chi connectivity index (χ1) is 8.13. The third-order valence-corrected chi connectivity index (χ3v) is 2.46. The maximum absolute atomic E-state index is 13.1. The SMILES string of the molecule is Cc1ccc(C#N)c(=O)n1-c1cccc(F)c1. The van der Waals surface area contributed by atoms with Gasteiger partial charge in [-0.05, 0) is 37.3 Å².